The summed E-state index contributed by atoms with van der Waals surface area (Å²) in [6.45, 7) is 1.12. The van der Waals surface area contributed by atoms with Crippen LogP contribution in [-0.4, -0.2) is 41.0 Å². The molecule has 108 valence electrons. The molecule has 1 unspecified atom stereocenters. The van der Waals surface area contributed by atoms with Gasteiger partial charge in [-0.25, -0.2) is 0 Å². The fourth-order valence-electron chi connectivity index (χ4n) is 2.77. The number of nitrogens with two attached hydrogens (primary N) is 1. The van der Waals surface area contributed by atoms with E-state index in [0.717, 1.165) is 18.4 Å². The predicted octanol–water partition coefficient (Wildman–Crippen LogP) is 1.27. The van der Waals surface area contributed by atoms with Crippen molar-refractivity contribution in [2.45, 2.75) is 31.7 Å². The van der Waals surface area contributed by atoms with Gasteiger partial charge in [0.25, 0.3) is 5.91 Å². The monoisotopic (exact) mass is 276 g/mol. The van der Waals surface area contributed by atoms with Gasteiger partial charge in [0.1, 0.15) is 0 Å². The van der Waals surface area contributed by atoms with Gasteiger partial charge in [0, 0.05) is 18.2 Å². The Bertz CT molecular complexity index is 502. The number of carbonyl (C=O) groups is 2. The third kappa shape index (κ3) is 3.17. The largest absolute Gasteiger partial charge is 0.481 e. The van der Waals surface area contributed by atoms with Gasteiger partial charge in [-0.2, -0.15) is 0 Å². The molecule has 1 aliphatic rings. The molecule has 1 fully saturated rings. The first-order chi connectivity index (χ1) is 9.63. The van der Waals surface area contributed by atoms with Crippen LogP contribution in [0.25, 0.3) is 0 Å². The van der Waals surface area contributed by atoms with Crippen molar-refractivity contribution >= 4 is 11.9 Å². The van der Waals surface area contributed by atoms with E-state index in [-0.39, 0.29) is 18.4 Å². The minimum absolute atomic E-state index is 0.0186. The molecule has 0 spiro atoms. The van der Waals surface area contributed by atoms with Gasteiger partial charge in [-0.15, -0.1) is 0 Å². The van der Waals surface area contributed by atoms with Crippen LogP contribution < -0.4 is 5.73 Å². The van der Waals surface area contributed by atoms with E-state index in [9.17, 15) is 9.59 Å². The highest BCUT2D eigenvalue weighted by Crippen LogP contribution is 2.24. The van der Waals surface area contributed by atoms with Crippen molar-refractivity contribution in [3.8, 4) is 0 Å². The SMILES string of the molecule is NCCc1ccccc1C(=O)N1CCCC1CC(=O)O. The van der Waals surface area contributed by atoms with Crippen LogP contribution in [0.5, 0.6) is 0 Å². The van der Waals surface area contributed by atoms with E-state index >= 15 is 0 Å². The molecule has 1 aliphatic heterocycles. The molecule has 0 radical (unpaired) electrons. The summed E-state index contributed by atoms with van der Waals surface area (Å²) in [6, 6.07) is 7.23. The van der Waals surface area contributed by atoms with Crippen molar-refractivity contribution in [1.29, 1.82) is 0 Å². The average molecular weight is 276 g/mol. The molecule has 0 aliphatic carbocycles. The third-order valence-corrected chi connectivity index (χ3v) is 3.71. The van der Waals surface area contributed by atoms with Gasteiger partial charge in [0.15, 0.2) is 0 Å². The number of carboxylic acids is 1. The fourth-order valence-corrected chi connectivity index (χ4v) is 2.77. The maximum atomic E-state index is 12.6. The molecule has 1 saturated heterocycles. The van der Waals surface area contributed by atoms with Crippen molar-refractivity contribution in [3.63, 3.8) is 0 Å². The first-order valence-corrected chi connectivity index (χ1v) is 6.94. The highest BCUT2D eigenvalue weighted by molar-refractivity contribution is 5.96. The number of carbonyl (C=O) groups excluding carboxylic acids is 1. The topological polar surface area (TPSA) is 83.6 Å². The van der Waals surface area contributed by atoms with Crippen LogP contribution in [0.2, 0.25) is 0 Å². The lowest BCUT2D eigenvalue weighted by Gasteiger charge is -2.24. The number of amides is 1. The number of hydrogen-bond acceptors (Lipinski definition) is 3. The zero-order valence-corrected chi connectivity index (χ0v) is 11.4. The fraction of sp³-hybridized carbons (Fsp3) is 0.467. The molecule has 3 N–H and O–H groups in total. The summed E-state index contributed by atoms with van der Waals surface area (Å²) in [5.41, 5.74) is 7.15. The minimum Gasteiger partial charge on any atom is -0.481 e. The van der Waals surface area contributed by atoms with Gasteiger partial charge in [-0.05, 0) is 37.4 Å². The van der Waals surface area contributed by atoms with E-state index in [1.165, 1.54) is 0 Å². The summed E-state index contributed by atoms with van der Waals surface area (Å²) < 4.78 is 0. The molecule has 5 nitrogen and oxygen atoms in total. The second kappa shape index (κ2) is 6.52. The Balaban J connectivity index is 2.20. The van der Waals surface area contributed by atoms with E-state index in [2.05, 4.69) is 0 Å². The van der Waals surface area contributed by atoms with Crippen LogP contribution in [0.4, 0.5) is 0 Å². The van der Waals surface area contributed by atoms with Crippen LogP contribution in [0.1, 0.15) is 35.2 Å². The minimum atomic E-state index is -0.857. The Hall–Kier alpha value is -1.88. The summed E-state index contributed by atoms with van der Waals surface area (Å²) >= 11 is 0. The molecule has 0 saturated carbocycles. The van der Waals surface area contributed by atoms with E-state index in [0.29, 0.717) is 25.1 Å². The Morgan fingerprint density at radius 2 is 2.10 bits per heavy atom. The van der Waals surface area contributed by atoms with Crippen molar-refractivity contribution in [3.05, 3.63) is 35.4 Å². The molecule has 1 heterocycles. The predicted molar refractivity (Wildman–Crippen MR) is 75.5 cm³/mol. The van der Waals surface area contributed by atoms with Crippen LogP contribution >= 0.6 is 0 Å². The Morgan fingerprint density at radius 1 is 1.35 bits per heavy atom. The first kappa shape index (κ1) is 14.5. The lowest BCUT2D eigenvalue weighted by molar-refractivity contribution is -0.137. The lowest BCUT2D eigenvalue weighted by atomic mass is 10.0. The normalized spacial score (nSPS) is 18.2. The Kier molecular flexibility index (Phi) is 4.74. The summed E-state index contributed by atoms with van der Waals surface area (Å²) in [5.74, 6) is -0.928. The number of rotatable bonds is 5. The number of aliphatic carboxylic acids is 1. The molecule has 1 amide bonds. The average Bonchev–Trinajstić information content (AvgIpc) is 2.86. The molecule has 0 bridgehead atoms. The van der Waals surface area contributed by atoms with Gasteiger partial charge in [-0.3, -0.25) is 9.59 Å². The Labute approximate surface area is 118 Å². The maximum absolute atomic E-state index is 12.6. The summed E-state index contributed by atoms with van der Waals surface area (Å²) in [4.78, 5) is 25.2. The lowest BCUT2D eigenvalue weighted by Crippen LogP contribution is -2.37. The second-order valence-corrected chi connectivity index (χ2v) is 5.09. The Morgan fingerprint density at radius 3 is 2.80 bits per heavy atom. The molecule has 2 rings (SSSR count). The van der Waals surface area contributed by atoms with Gasteiger partial charge < -0.3 is 15.7 Å². The van der Waals surface area contributed by atoms with E-state index < -0.39 is 5.97 Å². The van der Waals surface area contributed by atoms with Crippen LogP contribution in [0.15, 0.2) is 24.3 Å². The molecule has 1 aromatic carbocycles. The third-order valence-electron chi connectivity index (χ3n) is 3.71. The van der Waals surface area contributed by atoms with Crippen LogP contribution in [-0.2, 0) is 11.2 Å². The summed E-state index contributed by atoms with van der Waals surface area (Å²) in [6.07, 6.45) is 2.30. The van der Waals surface area contributed by atoms with Crippen molar-refractivity contribution in [1.82, 2.24) is 4.90 Å². The smallest absolute Gasteiger partial charge is 0.305 e. The molecule has 5 heteroatoms. The molecule has 1 atom stereocenters. The molecule has 1 aromatic rings. The highest BCUT2D eigenvalue weighted by Gasteiger charge is 2.31. The highest BCUT2D eigenvalue weighted by atomic mass is 16.4. The van der Waals surface area contributed by atoms with Gasteiger partial charge in [0.05, 0.1) is 6.42 Å². The molecular formula is C15H20N2O3. The molecule has 20 heavy (non-hydrogen) atoms. The number of nitrogens with zero attached hydrogens (tertiary/aromatic N) is 1. The number of carboxylic acid groups (broad SMARTS) is 1. The van der Waals surface area contributed by atoms with Crippen molar-refractivity contribution < 1.29 is 14.7 Å². The number of likely N-dealkylation sites (tertiary alicyclic amines) is 1. The first-order valence-electron chi connectivity index (χ1n) is 6.94. The van der Waals surface area contributed by atoms with E-state index in [1.807, 2.05) is 18.2 Å². The zero-order chi connectivity index (χ0) is 14.5. The molecule has 0 aromatic heterocycles. The quantitative estimate of drug-likeness (QED) is 0.848. The van der Waals surface area contributed by atoms with Crippen molar-refractivity contribution in [2.75, 3.05) is 13.1 Å². The van der Waals surface area contributed by atoms with Gasteiger partial charge >= 0.3 is 5.97 Å². The summed E-state index contributed by atoms with van der Waals surface area (Å²) in [5, 5.41) is 8.93. The van der Waals surface area contributed by atoms with E-state index in [4.69, 9.17) is 10.8 Å². The molecular weight excluding hydrogens is 256 g/mol. The standard InChI is InChI=1S/C15H20N2O3/c16-8-7-11-4-1-2-6-13(11)15(20)17-9-3-5-12(17)10-14(18)19/h1-2,4,6,12H,3,5,7-10,16H2,(H,18,19). The van der Waals surface area contributed by atoms with Gasteiger partial charge in [-0.1, -0.05) is 18.2 Å². The van der Waals surface area contributed by atoms with Gasteiger partial charge in [0.2, 0.25) is 0 Å². The number of hydrogen-bond donors (Lipinski definition) is 2. The van der Waals surface area contributed by atoms with Crippen LogP contribution in [0.3, 0.4) is 0 Å². The van der Waals surface area contributed by atoms with E-state index in [1.54, 1.807) is 11.0 Å². The van der Waals surface area contributed by atoms with Crippen LogP contribution in [0, 0.1) is 0 Å². The summed E-state index contributed by atoms with van der Waals surface area (Å²) in [7, 11) is 0. The zero-order valence-electron chi connectivity index (χ0n) is 11.4. The maximum Gasteiger partial charge on any atom is 0.305 e. The van der Waals surface area contributed by atoms with Crippen molar-refractivity contribution in [2.24, 2.45) is 5.73 Å². The second-order valence-electron chi connectivity index (χ2n) is 5.09. The number of benzene rings is 1.